The fourth-order valence-corrected chi connectivity index (χ4v) is 3.23. The molecule has 6 nitrogen and oxygen atoms in total. The number of aliphatic carboxylic acids is 1. The molecule has 0 fully saturated rings. The maximum absolute atomic E-state index is 12.6. The average molecular weight is 422 g/mol. The van der Waals surface area contributed by atoms with Gasteiger partial charge in [-0.2, -0.15) is 5.10 Å². The lowest BCUT2D eigenvalue weighted by Gasteiger charge is -2.11. The summed E-state index contributed by atoms with van der Waals surface area (Å²) in [6.45, 7) is 1.91. The summed E-state index contributed by atoms with van der Waals surface area (Å²) in [7, 11) is 0. The summed E-state index contributed by atoms with van der Waals surface area (Å²) in [5.74, 6) is -2.02. The lowest BCUT2D eigenvalue weighted by Crippen LogP contribution is -2.35. The lowest BCUT2D eigenvalue weighted by molar-refractivity contribution is -0.299. The van der Waals surface area contributed by atoms with Gasteiger partial charge < -0.3 is 15.2 Å². The summed E-state index contributed by atoms with van der Waals surface area (Å²) in [5, 5.41) is 18.9. The van der Waals surface area contributed by atoms with E-state index in [0.29, 0.717) is 16.8 Å². The van der Waals surface area contributed by atoms with Crippen LogP contribution in [0.1, 0.15) is 21.5 Å². The van der Waals surface area contributed by atoms with Crippen LogP contribution in [-0.4, -0.2) is 21.7 Å². The average Bonchev–Trinajstić information content (AvgIpc) is 3.24. The molecule has 32 heavy (non-hydrogen) atoms. The van der Waals surface area contributed by atoms with E-state index in [4.69, 9.17) is 0 Å². The predicted molar refractivity (Wildman–Crippen MR) is 121 cm³/mol. The summed E-state index contributed by atoms with van der Waals surface area (Å²) < 4.78 is 1.67. The second-order valence-corrected chi connectivity index (χ2v) is 7.24. The second kappa shape index (κ2) is 9.14. The molecule has 0 radical (unpaired) electrons. The number of carboxylic acids is 1. The highest BCUT2D eigenvalue weighted by atomic mass is 16.4. The molecule has 0 saturated heterocycles. The van der Waals surface area contributed by atoms with Gasteiger partial charge in [0.2, 0.25) is 0 Å². The third kappa shape index (κ3) is 4.65. The number of benzene rings is 3. The van der Waals surface area contributed by atoms with E-state index in [9.17, 15) is 14.7 Å². The normalized spacial score (nSPS) is 11.2. The Morgan fingerprint density at radius 3 is 2.16 bits per heavy atom. The van der Waals surface area contributed by atoms with Crippen molar-refractivity contribution in [1.82, 2.24) is 15.1 Å². The van der Waals surface area contributed by atoms with E-state index in [1.54, 1.807) is 35.1 Å². The van der Waals surface area contributed by atoms with Gasteiger partial charge >= 0.3 is 0 Å². The Morgan fingerprint density at radius 2 is 1.53 bits per heavy atom. The third-order valence-corrected chi connectivity index (χ3v) is 4.89. The zero-order valence-corrected chi connectivity index (χ0v) is 17.4. The van der Waals surface area contributed by atoms with E-state index in [1.807, 2.05) is 67.6 Å². The summed E-state index contributed by atoms with van der Waals surface area (Å²) in [6, 6.07) is 25.8. The molecular formula is C26H20N3O3-. The molecule has 0 bridgehead atoms. The molecule has 1 aromatic heterocycles. The molecule has 1 heterocycles. The van der Waals surface area contributed by atoms with Crippen LogP contribution in [0.2, 0.25) is 0 Å². The Kier molecular flexibility index (Phi) is 5.94. The zero-order chi connectivity index (χ0) is 22.5. The van der Waals surface area contributed by atoms with Gasteiger partial charge in [-0.15, -0.1) is 0 Å². The summed E-state index contributed by atoms with van der Waals surface area (Å²) in [5.41, 5.74) is 3.75. The highest BCUT2D eigenvalue weighted by Gasteiger charge is 2.14. The van der Waals surface area contributed by atoms with Crippen molar-refractivity contribution in [1.29, 1.82) is 0 Å². The Morgan fingerprint density at radius 1 is 0.906 bits per heavy atom. The quantitative estimate of drug-likeness (QED) is 0.483. The maximum atomic E-state index is 12.6. The van der Waals surface area contributed by atoms with Crippen molar-refractivity contribution >= 4 is 18.0 Å². The zero-order valence-electron chi connectivity index (χ0n) is 17.4. The van der Waals surface area contributed by atoms with Crippen molar-refractivity contribution in [3.63, 3.8) is 0 Å². The number of aromatic nitrogens is 2. The highest BCUT2D eigenvalue weighted by Crippen LogP contribution is 2.25. The minimum atomic E-state index is -1.49. The fraction of sp³-hybridized carbons (Fsp3) is 0.0385. The molecule has 0 spiro atoms. The molecule has 158 valence electrons. The number of nitrogens with one attached hydrogen (secondary N) is 1. The van der Waals surface area contributed by atoms with Crippen molar-refractivity contribution in [2.45, 2.75) is 6.92 Å². The highest BCUT2D eigenvalue weighted by molar-refractivity contribution is 6.02. The Balaban J connectivity index is 1.75. The minimum Gasteiger partial charge on any atom is -0.543 e. The van der Waals surface area contributed by atoms with Gasteiger partial charge in [0, 0.05) is 22.9 Å². The van der Waals surface area contributed by atoms with Gasteiger partial charge in [-0.25, -0.2) is 4.68 Å². The third-order valence-electron chi connectivity index (χ3n) is 4.89. The number of rotatable bonds is 6. The number of carboxylic acid groups (broad SMARTS) is 1. The number of aryl methyl sites for hydroxylation is 1. The summed E-state index contributed by atoms with van der Waals surface area (Å²) >= 11 is 0. The molecule has 0 aliphatic rings. The Labute approximate surface area is 185 Å². The fourth-order valence-electron chi connectivity index (χ4n) is 3.23. The first kappa shape index (κ1) is 20.8. The van der Waals surface area contributed by atoms with E-state index < -0.39 is 11.9 Å². The molecule has 0 aliphatic heterocycles. The van der Waals surface area contributed by atoms with Gasteiger partial charge in [-0.1, -0.05) is 66.2 Å². The van der Waals surface area contributed by atoms with Gasteiger partial charge in [-0.05, 0) is 37.3 Å². The van der Waals surface area contributed by atoms with Gasteiger partial charge in [0.25, 0.3) is 5.91 Å². The largest absolute Gasteiger partial charge is 0.543 e. The van der Waals surface area contributed by atoms with E-state index in [-0.39, 0.29) is 5.70 Å². The Hall–Kier alpha value is -4.45. The molecule has 4 rings (SSSR count). The molecule has 1 amide bonds. The minimum absolute atomic E-state index is 0.347. The first-order valence-electron chi connectivity index (χ1n) is 10.0. The van der Waals surface area contributed by atoms with E-state index in [1.165, 1.54) is 6.08 Å². The SMILES string of the molecule is Cc1ccc(C(=O)N/C(=C/c2cn(-c3ccccc3)nc2-c2ccccc2)C(=O)[O-])cc1. The maximum Gasteiger partial charge on any atom is 0.255 e. The smallest absolute Gasteiger partial charge is 0.255 e. The second-order valence-electron chi connectivity index (χ2n) is 7.24. The molecule has 3 aromatic carbocycles. The van der Waals surface area contributed by atoms with Crippen LogP contribution in [0.5, 0.6) is 0 Å². The van der Waals surface area contributed by atoms with Gasteiger partial charge in [-0.3, -0.25) is 4.79 Å². The van der Waals surface area contributed by atoms with Crippen LogP contribution < -0.4 is 10.4 Å². The van der Waals surface area contributed by atoms with Crippen LogP contribution in [-0.2, 0) is 4.79 Å². The van der Waals surface area contributed by atoms with Gasteiger partial charge in [0.15, 0.2) is 0 Å². The Bertz CT molecular complexity index is 1280. The van der Waals surface area contributed by atoms with Crippen LogP contribution in [0.4, 0.5) is 0 Å². The first-order chi connectivity index (χ1) is 15.5. The number of amides is 1. The number of carbonyl (C=O) groups is 2. The summed E-state index contributed by atoms with van der Waals surface area (Å²) in [6.07, 6.45) is 3.09. The van der Waals surface area contributed by atoms with E-state index in [2.05, 4.69) is 10.4 Å². The molecule has 4 aromatic rings. The molecular weight excluding hydrogens is 402 g/mol. The van der Waals surface area contributed by atoms with E-state index in [0.717, 1.165) is 16.8 Å². The van der Waals surface area contributed by atoms with Crippen molar-refractivity contribution in [2.24, 2.45) is 0 Å². The van der Waals surface area contributed by atoms with Crippen molar-refractivity contribution < 1.29 is 14.7 Å². The summed E-state index contributed by atoms with van der Waals surface area (Å²) in [4.78, 5) is 24.4. The molecule has 0 saturated carbocycles. The van der Waals surface area contributed by atoms with Gasteiger partial charge in [0.1, 0.15) is 5.69 Å². The van der Waals surface area contributed by atoms with Gasteiger partial charge in [0.05, 0.1) is 17.4 Å². The van der Waals surface area contributed by atoms with Crippen molar-refractivity contribution in [3.05, 3.63) is 114 Å². The van der Waals surface area contributed by atoms with Crippen molar-refractivity contribution in [2.75, 3.05) is 0 Å². The number of carbonyl (C=O) groups excluding carboxylic acids is 2. The monoisotopic (exact) mass is 422 g/mol. The van der Waals surface area contributed by atoms with Crippen LogP contribution in [0.15, 0.2) is 96.8 Å². The standard InChI is InChI=1S/C26H21N3O3/c1-18-12-14-20(15-13-18)25(30)27-23(26(31)32)16-21-17-29(22-10-6-3-7-11-22)28-24(21)19-8-4-2-5-9-19/h2-17H,1H3,(H,27,30)(H,31,32)/p-1/b23-16+. The molecule has 6 heteroatoms. The number of hydrogen-bond acceptors (Lipinski definition) is 4. The van der Waals surface area contributed by atoms with Crippen LogP contribution in [0.3, 0.4) is 0 Å². The topological polar surface area (TPSA) is 87.0 Å². The lowest BCUT2D eigenvalue weighted by atomic mass is 10.1. The predicted octanol–water partition coefficient (Wildman–Crippen LogP) is 3.37. The van der Waals surface area contributed by atoms with E-state index >= 15 is 0 Å². The molecule has 0 unspecified atom stereocenters. The number of para-hydroxylation sites is 1. The number of nitrogens with zero attached hydrogens (tertiary/aromatic N) is 2. The van der Waals surface area contributed by atoms with Crippen LogP contribution in [0.25, 0.3) is 23.0 Å². The molecule has 0 atom stereocenters. The van der Waals surface area contributed by atoms with Crippen molar-refractivity contribution in [3.8, 4) is 16.9 Å². The first-order valence-corrected chi connectivity index (χ1v) is 10.0. The number of hydrogen-bond donors (Lipinski definition) is 1. The molecule has 1 N–H and O–H groups in total. The van der Waals surface area contributed by atoms with Crippen LogP contribution >= 0.6 is 0 Å². The van der Waals surface area contributed by atoms with Crippen LogP contribution in [0, 0.1) is 6.92 Å². The molecule has 0 aliphatic carbocycles.